The van der Waals surface area contributed by atoms with Gasteiger partial charge in [0.1, 0.15) is 6.10 Å². The second-order valence-electron chi connectivity index (χ2n) is 9.69. The van der Waals surface area contributed by atoms with Crippen LogP contribution in [0.3, 0.4) is 0 Å². The molecule has 3 nitrogen and oxygen atoms in total. The molecule has 1 aromatic carbocycles. The van der Waals surface area contributed by atoms with Crippen LogP contribution in [0, 0.1) is 29.1 Å². The minimum absolute atomic E-state index is 0.0380. The third kappa shape index (κ3) is 2.86. The average Bonchev–Trinajstić information content (AvgIpc) is 3.04. The maximum atomic E-state index is 12.7. The van der Waals surface area contributed by atoms with Crippen LogP contribution in [-0.4, -0.2) is 17.9 Å². The van der Waals surface area contributed by atoms with Crippen molar-refractivity contribution >= 4 is 11.8 Å². The standard InChI is InChI=1S/C25H30O3/c1-25-14-13-20-19-10-8-18(26)15-17(19)7-9-21(20)22(25)11-12-23(25)28-24(27)16-5-3-2-4-6-16/h2-6,15,19-23H,7-14H2,1H3/t19-,20-,21+,22-,23+,25+/m1/s1. The highest BCUT2D eigenvalue weighted by Gasteiger charge is 2.57. The number of benzene rings is 1. The van der Waals surface area contributed by atoms with E-state index in [0.29, 0.717) is 23.2 Å². The molecule has 0 saturated heterocycles. The van der Waals surface area contributed by atoms with Gasteiger partial charge in [-0.05, 0) is 86.8 Å². The number of ketones is 1. The highest BCUT2D eigenvalue weighted by Crippen LogP contribution is 2.62. The van der Waals surface area contributed by atoms with Gasteiger partial charge in [0.05, 0.1) is 5.56 Å². The summed E-state index contributed by atoms with van der Waals surface area (Å²) < 4.78 is 6.08. The van der Waals surface area contributed by atoms with Gasteiger partial charge in [0, 0.05) is 11.8 Å². The van der Waals surface area contributed by atoms with E-state index in [1.807, 2.05) is 36.4 Å². The molecule has 0 bridgehead atoms. The number of hydrogen-bond donors (Lipinski definition) is 0. The first-order valence-electron chi connectivity index (χ1n) is 11.1. The third-order valence-corrected chi connectivity index (χ3v) is 8.47. The van der Waals surface area contributed by atoms with Crippen LogP contribution >= 0.6 is 0 Å². The molecule has 148 valence electrons. The number of carbonyl (C=O) groups excluding carboxylic acids is 2. The van der Waals surface area contributed by atoms with E-state index >= 15 is 0 Å². The van der Waals surface area contributed by atoms with E-state index in [9.17, 15) is 9.59 Å². The number of hydrogen-bond acceptors (Lipinski definition) is 3. The van der Waals surface area contributed by atoms with E-state index in [1.165, 1.54) is 24.8 Å². The SMILES string of the molecule is C[C@]12CC[C@H]3[C@H](CCC4=CC(=O)CC[C@H]43)[C@H]1CC[C@@H]2OC(=O)c1ccccc1. The number of ether oxygens (including phenoxy) is 1. The smallest absolute Gasteiger partial charge is 0.338 e. The molecule has 3 fully saturated rings. The highest BCUT2D eigenvalue weighted by molar-refractivity contribution is 5.91. The van der Waals surface area contributed by atoms with Crippen LogP contribution in [0.2, 0.25) is 0 Å². The maximum absolute atomic E-state index is 12.7. The summed E-state index contributed by atoms with van der Waals surface area (Å²) in [6, 6.07) is 9.39. The first kappa shape index (κ1) is 18.1. The Morgan fingerprint density at radius 3 is 2.64 bits per heavy atom. The Morgan fingerprint density at radius 1 is 1.00 bits per heavy atom. The average molecular weight is 379 g/mol. The van der Waals surface area contributed by atoms with Crippen molar-refractivity contribution in [2.45, 2.75) is 64.4 Å². The lowest BCUT2D eigenvalue weighted by Crippen LogP contribution is -2.48. The van der Waals surface area contributed by atoms with Gasteiger partial charge in [-0.15, -0.1) is 0 Å². The number of fused-ring (bicyclic) bond motifs is 5. The zero-order valence-corrected chi connectivity index (χ0v) is 16.7. The van der Waals surface area contributed by atoms with Crippen molar-refractivity contribution in [1.29, 1.82) is 0 Å². The van der Waals surface area contributed by atoms with Gasteiger partial charge in [0.25, 0.3) is 0 Å². The van der Waals surface area contributed by atoms with Crippen LogP contribution in [0.4, 0.5) is 0 Å². The van der Waals surface area contributed by atoms with Crippen molar-refractivity contribution in [3.8, 4) is 0 Å². The van der Waals surface area contributed by atoms with Crippen molar-refractivity contribution in [2.75, 3.05) is 0 Å². The molecule has 4 aliphatic carbocycles. The van der Waals surface area contributed by atoms with Gasteiger partial charge in [-0.2, -0.15) is 0 Å². The summed E-state index contributed by atoms with van der Waals surface area (Å²) in [5, 5.41) is 0. The van der Waals surface area contributed by atoms with Crippen LogP contribution in [0.25, 0.3) is 0 Å². The van der Waals surface area contributed by atoms with Crippen molar-refractivity contribution < 1.29 is 14.3 Å². The van der Waals surface area contributed by atoms with E-state index in [2.05, 4.69) is 6.92 Å². The Kier molecular flexibility index (Phi) is 4.45. The molecule has 0 amide bonds. The number of esters is 1. The van der Waals surface area contributed by atoms with Crippen LogP contribution < -0.4 is 0 Å². The Labute approximate surface area is 167 Å². The Hall–Kier alpha value is -1.90. The summed E-state index contributed by atoms with van der Waals surface area (Å²) in [6.45, 7) is 2.37. The predicted octanol–water partition coefficient (Wildman–Crippen LogP) is 5.35. The molecule has 1 aromatic rings. The fraction of sp³-hybridized carbons (Fsp3) is 0.600. The highest BCUT2D eigenvalue weighted by atomic mass is 16.5. The normalized spacial score (nSPS) is 39.4. The van der Waals surface area contributed by atoms with E-state index < -0.39 is 0 Å². The van der Waals surface area contributed by atoms with Crippen LogP contribution in [0.15, 0.2) is 42.0 Å². The third-order valence-electron chi connectivity index (χ3n) is 8.47. The van der Waals surface area contributed by atoms with Crippen molar-refractivity contribution in [3.63, 3.8) is 0 Å². The lowest BCUT2D eigenvalue weighted by molar-refractivity contribution is -0.116. The number of allylic oxidation sites excluding steroid dienone is 1. The molecule has 0 spiro atoms. The minimum Gasteiger partial charge on any atom is -0.458 e. The summed E-state index contributed by atoms with van der Waals surface area (Å²) in [5.41, 5.74) is 2.20. The van der Waals surface area contributed by atoms with Gasteiger partial charge >= 0.3 is 5.97 Å². The van der Waals surface area contributed by atoms with Gasteiger partial charge in [-0.3, -0.25) is 4.79 Å². The molecule has 0 aliphatic heterocycles. The lowest BCUT2D eigenvalue weighted by Gasteiger charge is -2.53. The molecular weight excluding hydrogens is 348 g/mol. The van der Waals surface area contributed by atoms with Crippen LogP contribution in [-0.2, 0) is 9.53 Å². The second-order valence-corrected chi connectivity index (χ2v) is 9.69. The Bertz CT molecular complexity index is 810. The fourth-order valence-electron chi connectivity index (χ4n) is 7.10. The minimum atomic E-state index is -0.172. The summed E-state index contributed by atoms with van der Waals surface area (Å²) in [4.78, 5) is 24.5. The topological polar surface area (TPSA) is 43.4 Å². The largest absolute Gasteiger partial charge is 0.458 e. The van der Waals surface area contributed by atoms with Gasteiger partial charge in [0.15, 0.2) is 5.78 Å². The van der Waals surface area contributed by atoms with Crippen molar-refractivity contribution in [1.82, 2.24) is 0 Å². The summed E-state index contributed by atoms with van der Waals surface area (Å²) in [6.07, 6.45) is 10.6. The monoisotopic (exact) mass is 378 g/mol. The summed E-state index contributed by atoms with van der Waals surface area (Å²) in [7, 11) is 0. The Balaban J connectivity index is 1.34. The first-order valence-corrected chi connectivity index (χ1v) is 11.1. The van der Waals surface area contributed by atoms with Gasteiger partial charge in [-0.1, -0.05) is 30.7 Å². The quantitative estimate of drug-likeness (QED) is 0.651. The molecule has 28 heavy (non-hydrogen) atoms. The molecule has 0 aromatic heterocycles. The molecule has 3 saturated carbocycles. The van der Waals surface area contributed by atoms with Gasteiger partial charge in [0.2, 0.25) is 0 Å². The van der Waals surface area contributed by atoms with Crippen LogP contribution in [0.5, 0.6) is 0 Å². The number of carbonyl (C=O) groups is 2. The molecule has 4 aliphatic rings. The second kappa shape index (κ2) is 6.86. The van der Waals surface area contributed by atoms with Gasteiger partial charge in [-0.25, -0.2) is 4.79 Å². The lowest BCUT2D eigenvalue weighted by atomic mass is 9.52. The Morgan fingerprint density at radius 2 is 1.82 bits per heavy atom. The molecular formula is C25H30O3. The zero-order valence-electron chi connectivity index (χ0n) is 16.7. The molecule has 0 radical (unpaired) electrons. The van der Waals surface area contributed by atoms with E-state index in [1.54, 1.807) is 0 Å². The predicted molar refractivity (Wildman–Crippen MR) is 108 cm³/mol. The summed E-state index contributed by atoms with van der Waals surface area (Å²) >= 11 is 0. The van der Waals surface area contributed by atoms with E-state index in [4.69, 9.17) is 4.74 Å². The molecule has 5 rings (SSSR count). The fourth-order valence-corrected chi connectivity index (χ4v) is 7.10. The molecule has 0 unspecified atom stereocenters. The molecule has 0 N–H and O–H groups in total. The molecule has 0 heterocycles. The maximum Gasteiger partial charge on any atom is 0.338 e. The molecule has 3 heteroatoms. The number of rotatable bonds is 2. The first-order chi connectivity index (χ1) is 13.6. The van der Waals surface area contributed by atoms with Crippen molar-refractivity contribution in [3.05, 3.63) is 47.5 Å². The summed E-state index contributed by atoms with van der Waals surface area (Å²) in [5.74, 6) is 2.91. The van der Waals surface area contributed by atoms with E-state index in [-0.39, 0.29) is 17.5 Å². The van der Waals surface area contributed by atoms with E-state index in [0.717, 1.165) is 43.9 Å². The van der Waals surface area contributed by atoms with Crippen LogP contribution in [0.1, 0.15) is 68.6 Å². The zero-order chi connectivity index (χ0) is 19.3. The van der Waals surface area contributed by atoms with Gasteiger partial charge < -0.3 is 4.74 Å². The van der Waals surface area contributed by atoms with Crippen molar-refractivity contribution in [2.24, 2.45) is 29.1 Å². The molecule has 6 atom stereocenters.